The van der Waals surface area contributed by atoms with Crippen molar-refractivity contribution >= 4 is 28.6 Å². The molecular weight excluding hydrogens is 386 g/mol. The summed E-state index contributed by atoms with van der Waals surface area (Å²) in [5, 5.41) is 4.37. The first-order valence-electron chi connectivity index (χ1n) is 10.6. The second kappa shape index (κ2) is 10.8. The highest BCUT2D eigenvalue weighted by Crippen LogP contribution is 2.24. The quantitative estimate of drug-likeness (QED) is 0.383. The lowest BCUT2D eigenvalue weighted by Crippen LogP contribution is -2.42. The van der Waals surface area contributed by atoms with Gasteiger partial charge in [0.05, 0.1) is 16.7 Å². The standard InChI is InChI=1S/C22H31N3O3S/c1-3-28-14-8-13-25-21(27)17-10-5-7-12-19(17)24-22(25)29-15-20(26)23-18-11-6-4-9-16(18)2/h5,7,10,12,16,18H,3-4,6,8-9,11,13-15H2,1-2H3,(H,23,26)/t16-,18+/m0/s1. The first-order valence-corrected chi connectivity index (χ1v) is 11.6. The van der Waals surface area contributed by atoms with Crippen molar-refractivity contribution in [3.63, 3.8) is 0 Å². The van der Waals surface area contributed by atoms with Crippen molar-refractivity contribution in [1.29, 1.82) is 0 Å². The number of fused-ring (bicyclic) bond motifs is 1. The largest absolute Gasteiger partial charge is 0.382 e. The van der Waals surface area contributed by atoms with Crippen LogP contribution in [0.3, 0.4) is 0 Å². The lowest BCUT2D eigenvalue weighted by Gasteiger charge is -2.29. The van der Waals surface area contributed by atoms with E-state index >= 15 is 0 Å². The molecule has 2 aromatic rings. The number of carbonyl (C=O) groups excluding carboxylic acids is 1. The van der Waals surface area contributed by atoms with E-state index in [1.807, 2.05) is 25.1 Å². The van der Waals surface area contributed by atoms with Crippen molar-refractivity contribution in [3.8, 4) is 0 Å². The van der Waals surface area contributed by atoms with Crippen LogP contribution in [0.1, 0.15) is 46.0 Å². The summed E-state index contributed by atoms with van der Waals surface area (Å²) >= 11 is 1.34. The molecule has 6 nitrogen and oxygen atoms in total. The molecule has 1 fully saturated rings. The maximum atomic E-state index is 13.0. The summed E-state index contributed by atoms with van der Waals surface area (Å²) in [6.07, 6.45) is 5.37. The maximum absolute atomic E-state index is 13.0. The molecule has 1 aromatic carbocycles. The van der Waals surface area contributed by atoms with Gasteiger partial charge in [-0.15, -0.1) is 0 Å². The third-order valence-corrected chi connectivity index (χ3v) is 6.47. The van der Waals surface area contributed by atoms with Crippen LogP contribution in [-0.4, -0.2) is 40.5 Å². The van der Waals surface area contributed by atoms with Crippen LogP contribution >= 0.6 is 11.8 Å². The van der Waals surface area contributed by atoms with Gasteiger partial charge in [-0.05, 0) is 44.2 Å². The Hall–Kier alpha value is -1.86. The van der Waals surface area contributed by atoms with E-state index in [4.69, 9.17) is 4.74 Å². The number of thioether (sulfide) groups is 1. The number of para-hydroxylation sites is 1. The van der Waals surface area contributed by atoms with Crippen LogP contribution in [0.5, 0.6) is 0 Å². The lowest BCUT2D eigenvalue weighted by atomic mass is 9.86. The summed E-state index contributed by atoms with van der Waals surface area (Å²) in [7, 11) is 0. The fraction of sp³-hybridized carbons (Fsp3) is 0.591. The van der Waals surface area contributed by atoms with Crippen molar-refractivity contribution in [2.24, 2.45) is 5.92 Å². The molecule has 7 heteroatoms. The number of carbonyl (C=O) groups is 1. The number of ether oxygens (including phenoxy) is 1. The van der Waals surface area contributed by atoms with Gasteiger partial charge in [0.25, 0.3) is 5.56 Å². The van der Waals surface area contributed by atoms with Crippen LogP contribution in [0.2, 0.25) is 0 Å². The van der Waals surface area contributed by atoms with Crippen LogP contribution in [-0.2, 0) is 16.1 Å². The molecule has 0 aliphatic heterocycles. The SMILES string of the molecule is CCOCCCn1c(SCC(=O)N[C@@H]2CCCC[C@@H]2C)nc2ccccc2c1=O. The van der Waals surface area contributed by atoms with Gasteiger partial charge < -0.3 is 10.1 Å². The fourth-order valence-electron chi connectivity index (χ4n) is 3.83. The molecule has 29 heavy (non-hydrogen) atoms. The zero-order chi connectivity index (χ0) is 20.6. The number of amides is 1. The minimum atomic E-state index is -0.0593. The highest BCUT2D eigenvalue weighted by Gasteiger charge is 2.23. The normalized spacial score (nSPS) is 19.4. The molecule has 1 heterocycles. The zero-order valence-electron chi connectivity index (χ0n) is 17.4. The van der Waals surface area contributed by atoms with Crippen LogP contribution < -0.4 is 10.9 Å². The van der Waals surface area contributed by atoms with Gasteiger partial charge >= 0.3 is 0 Å². The number of aromatic nitrogens is 2. The molecule has 1 aliphatic carbocycles. The van der Waals surface area contributed by atoms with E-state index in [-0.39, 0.29) is 23.3 Å². The smallest absolute Gasteiger partial charge is 0.262 e. The average Bonchev–Trinajstić information content (AvgIpc) is 2.73. The van der Waals surface area contributed by atoms with Gasteiger partial charge in [0.2, 0.25) is 5.91 Å². The summed E-state index contributed by atoms with van der Waals surface area (Å²) in [4.78, 5) is 30.2. The molecule has 0 unspecified atom stereocenters. The Morgan fingerprint density at radius 2 is 2.10 bits per heavy atom. The third kappa shape index (κ3) is 5.82. The van der Waals surface area contributed by atoms with Gasteiger partial charge in [-0.2, -0.15) is 0 Å². The van der Waals surface area contributed by atoms with Gasteiger partial charge in [0.15, 0.2) is 5.16 Å². The van der Waals surface area contributed by atoms with Crippen molar-refractivity contribution < 1.29 is 9.53 Å². The van der Waals surface area contributed by atoms with E-state index in [0.29, 0.717) is 41.7 Å². The molecular formula is C22H31N3O3S. The summed E-state index contributed by atoms with van der Waals surface area (Å²) in [6, 6.07) is 7.63. The molecule has 1 aromatic heterocycles. The average molecular weight is 418 g/mol. The predicted octanol–water partition coefficient (Wildman–Crippen LogP) is 3.61. The van der Waals surface area contributed by atoms with Gasteiger partial charge in [-0.25, -0.2) is 4.98 Å². The monoisotopic (exact) mass is 417 g/mol. The van der Waals surface area contributed by atoms with Crippen molar-refractivity contribution in [3.05, 3.63) is 34.6 Å². The Morgan fingerprint density at radius 3 is 2.90 bits per heavy atom. The molecule has 1 amide bonds. The van der Waals surface area contributed by atoms with E-state index in [1.54, 1.807) is 10.6 Å². The second-order valence-electron chi connectivity index (χ2n) is 7.64. The van der Waals surface area contributed by atoms with E-state index in [0.717, 1.165) is 12.8 Å². The Balaban J connectivity index is 1.72. The maximum Gasteiger partial charge on any atom is 0.262 e. The van der Waals surface area contributed by atoms with E-state index in [9.17, 15) is 9.59 Å². The topological polar surface area (TPSA) is 73.2 Å². The predicted molar refractivity (Wildman–Crippen MR) is 117 cm³/mol. The molecule has 0 saturated heterocycles. The number of benzene rings is 1. The molecule has 158 valence electrons. The fourth-order valence-corrected chi connectivity index (χ4v) is 4.67. The van der Waals surface area contributed by atoms with Gasteiger partial charge in [0.1, 0.15) is 0 Å². The van der Waals surface area contributed by atoms with Crippen molar-refractivity contribution in [2.75, 3.05) is 19.0 Å². The Bertz CT molecular complexity index is 883. The molecule has 3 rings (SSSR count). The van der Waals surface area contributed by atoms with Crippen molar-refractivity contribution in [2.45, 2.75) is 63.7 Å². The molecule has 1 N–H and O–H groups in total. The summed E-state index contributed by atoms with van der Waals surface area (Å²) in [5.74, 6) is 0.796. The summed E-state index contributed by atoms with van der Waals surface area (Å²) in [5.41, 5.74) is 0.610. The highest BCUT2D eigenvalue weighted by atomic mass is 32.2. The summed E-state index contributed by atoms with van der Waals surface area (Å²) in [6.45, 7) is 5.95. The Morgan fingerprint density at radius 1 is 1.31 bits per heavy atom. The first-order chi connectivity index (χ1) is 14.1. The highest BCUT2D eigenvalue weighted by molar-refractivity contribution is 7.99. The van der Waals surface area contributed by atoms with Crippen molar-refractivity contribution in [1.82, 2.24) is 14.9 Å². The van der Waals surface area contributed by atoms with Crippen LogP contribution in [0.4, 0.5) is 0 Å². The number of hydrogen-bond acceptors (Lipinski definition) is 5. The van der Waals surface area contributed by atoms with Crippen LogP contribution in [0.15, 0.2) is 34.2 Å². The molecule has 1 saturated carbocycles. The second-order valence-corrected chi connectivity index (χ2v) is 8.59. The van der Waals surface area contributed by atoms with Gasteiger partial charge in [0, 0.05) is 25.8 Å². The molecule has 1 aliphatic rings. The lowest BCUT2D eigenvalue weighted by molar-refractivity contribution is -0.119. The third-order valence-electron chi connectivity index (χ3n) is 5.49. The number of rotatable bonds is 9. The minimum Gasteiger partial charge on any atom is -0.382 e. The Kier molecular flexibility index (Phi) is 8.12. The van der Waals surface area contributed by atoms with E-state index in [2.05, 4.69) is 17.2 Å². The first kappa shape index (κ1) is 21.8. The number of nitrogens with one attached hydrogen (secondary N) is 1. The van der Waals surface area contributed by atoms with Crippen LogP contribution in [0.25, 0.3) is 10.9 Å². The van der Waals surface area contributed by atoms with Gasteiger partial charge in [-0.1, -0.05) is 43.7 Å². The molecule has 0 radical (unpaired) electrons. The molecule has 0 bridgehead atoms. The minimum absolute atomic E-state index is 0.0111. The zero-order valence-corrected chi connectivity index (χ0v) is 18.2. The number of hydrogen-bond donors (Lipinski definition) is 1. The Labute approximate surface area is 176 Å². The van der Waals surface area contributed by atoms with Crippen LogP contribution in [0, 0.1) is 5.92 Å². The number of nitrogens with zero attached hydrogens (tertiary/aromatic N) is 2. The van der Waals surface area contributed by atoms with Gasteiger partial charge in [-0.3, -0.25) is 14.2 Å². The van der Waals surface area contributed by atoms with E-state index in [1.165, 1.54) is 31.0 Å². The molecule has 2 atom stereocenters. The molecule has 0 spiro atoms. The van der Waals surface area contributed by atoms with E-state index < -0.39 is 0 Å². The summed E-state index contributed by atoms with van der Waals surface area (Å²) < 4.78 is 7.09.